The summed E-state index contributed by atoms with van der Waals surface area (Å²) in [5.41, 5.74) is 11.9. The topological polar surface area (TPSA) is 280 Å². The summed E-state index contributed by atoms with van der Waals surface area (Å²) in [7, 11) is 3.59. The zero-order chi connectivity index (χ0) is 55.5. The fraction of sp³-hybridized carbons (Fsp3) is 0.426. The van der Waals surface area contributed by atoms with Crippen molar-refractivity contribution in [2.75, 3.05) is 48.7 Å². The monoisotopic (exact) mass is 1100 g/mol. The summed E-state index contributed by atoms with van der Waals surface area (Å²) in [6.07, 6.45) is 3.10. The average Bonchev–Trinajstić information content (AvgIpc) is 3.96. The molecule has 0 fully saturated rings. The summed E-state index contributed by atoms with van der Waals surface area (Å²) in [5, 5.41) is 26.3. The second-order valence-electron chi connectivity index (χ2n) is 19.8. The van der Waals surface area contributed by atoms with Gasteiger partial charge >= 0.3 is 12.0 Å². The smallest absolute Gasteiger partial charge is 0.312 e. The van der Waals surface area contributed by atoms with Crippen LogP contribution in [-0.4, -0.2) is 120 Å². The van der Waals surface area contributed by atoms with E-state index in [0.717, 1.165) is 34.9 Å². The molecule has 0 unspecified atom stereocenters. The first-order valence-corrected chi connectivity index (χ1v) is 26.5. The molecule has 0 bridgehead atoms. The lowest BCUT2D eigenvalue weighted by atomic mass is 10.0. The van der Waals surface area contributed by atoms with Crippen LogP contribution in [0.1, 0.15) is 102 Å². The van der Waals surface area contributed by atoms with Gasteiger partial charge in [0.25, 0.3) is 11.8 Å². The Hall–Kier alpha value is -7.33. The summed E-state index contributed by atoms with van der Waals surface area (Å²) >= 11 is 14.0. The highest BCUT2D eigenvalue weighted by Gasteiger charge is 2.31. The van der Waals surface area contributed by atoms with Gasteiger partial charge in [-0.25, -0.2) is 14.8 Å². The number of halogens is 2. The molecule has 3 aromatic carbocycles. The number of carboxylic acid groups (broad SMARTS) is 1. The number of aliphatic carboxylic acids is 1. The van der Waals surface area contributed by atoms with Gasteiger partial charge in [0.05, 0.1) is 32.8 Å². The number of rotatable bonds is 23. The van der Waals surface area contributed by atoms with E-state index in [1.807, 2.05) is 32.9 Å². The maximum atomic E-state index is 13.9. The van der Waals surface area contributed by atoms with Crippen LogP contribution in [0.3, 0.4) is 0 Å². The maximum absolute atomic E-state index is 13.9. The van der Waals surface area contributed by atoms with Crippen molar-refractivity contribution in [2.24, 2.45) is 25.7 Å². The number of primary amides is 1. The number of nitrogens with one attached hydrogen (secondary N) is 6. The molecule has 23 heteroatoms. The molecule has 2 aliphatic rings. The lowest BCUT2D eigenvalue weighted by molar-refractivity contribution is -0.137. The fourth-order valence-electron chi connectivity index (χ4n) is 9.59. The van der Waals surface area contributed by atoms with Crippen molar-refractivity contribution in [3.8, 4) is 11.1 Å². The Morgan fingerprint density at radius 3 is 1.70 bits per heavy atom. The first-order valence-electron chi connectivity index (χ1n) is 25.7. The van der Waals surface area contributed by atoms with Gasteiger partial charge in [-0.15, -0.1) is 0 Å². The number of carboxylic acids is 1. The Morgan fingerprint density at radius 1 is 0.688 bits per heavy atom. The lowest BCUT2D eigenvalue weighted by Gasteiger charge is -2.27. The number of carbonyl (C=O) groups is 7. The number of hydrogen-bond donors (Lipinski definition) is 8. The highest BCUT2D eigenvalue weighted by Crippen LogP contribution is 2.40. The number of aryl methyl sites for hydroxylation is 1. The van der Waals surface area contributed by atoms with Gasteiger partial charge in [-0.05, 0) is 75.9 Å². The number of nitrogens with two attached hydrogens (primary N) is 1. The van der Waals surface area contributed by atoms with Gasteiger partial charge in [-0.3, -0.25) is 38.6 Å². The first-order chi connectivity index (χ1) is 36.8. The first kappa shape index (κ1) is 57.4. The Labute approximate surface area is 457 Å². The Kier molecular flexibility index (Phi) is 19.5. The van der Waals surface area contributed by atoms with Gasteiger partial charge in [0.2, 0.25) is 17.7 Å². The van der Waals surface area contributed by atoms with E-state index in [1.165, 1.54) is 0 Å². The van der Waals surface area contributed by atoms with Gasteiger partial charge in [-0.2, -0.15) is 0 Å². The number of aromatic nitrogens is 4. The van der Waals surface area contributed by atoms with Crippen LogP contribution in [0.2, 0.25) is 10.0 Å². The summed E-state index contributed by atoms with van der Waals surface area (Å²) in [4.78, 5) is 104. The van der Waals surface area contributed by atoms with Gasteiger partial charge in [-0.1, -0.05) is 79.0 Å². The number of carbonyl (C=O) groups excluding carboxylic acids is 6. The third-order valence-electron chi connectivity index (χ3n) is 13.8. The molecule has 21 nitrogen and oxygen atoms in total. The van der Waals surface area contributed by atoms with Crippen molar-refractivity contribution in [1.29, 1.82) is 0 Å². The number of anilines is 3. The van der Waals surface area contributed by atoms with Gasteiger partial charge in [0.1, 0.15) is 12.1 Å². The van der Waals surface area contributed by atoms with E-state index in [1.54, 1.807) is 71.8 Å². The second-order valence-corrected chi connectivity index (χ2v) is 20.6. The molecular weight excluding hydrogens is 1030 g/mol. The minimum atomic E-state index is -0.952. The predicted molar refractivity (Wildman–Crippen MR) is 294 cm³/mol. The number of fused-ring (bicyclic) bond motifs is 2. The van der Waals surface area contributed by atoms with Gasteiger partial charge in [0, 0.05) is 101 Å². The molecule has 0 spiro atoms. The highest BCUT2D eigenvalue weighted by molar-refractivity contribution is 6.40. The molecule has 4 heterocycles. The van der Waals surface area contributed by atoms with Crippen LogP contribution in [0.4, 0.5) is 21.9 Å². The molecule has 0 saturated carbocycles. The number of hydrogen-bond acceptors (Lipinski definition) is 11. The average molecular weight is 1100 g/mol. The number of imidazole rings is 2. The van der Waals surface area contributed by atoms with Crippen LogP contribution < -0.4 is 37.6 Å². The van der Waals surface area contributed by atoms with Crippen LogP contribution in [0.25, 0.3) is 11.1 Å². The number of amides is 7. The van der Waals surface area contributed by atoms with E-state index >= 15 is 0 Å². The molecule has 9 N–H and O–H groups in total. The zero-order valence-corrected chi connectivity index (χ0v) is 45.4. The standard InChI is InChI=1S/C54H67Cl2N13O8/c1-31(2)47(51(74)64-38(15-8-24-58-54(57)77)50(73)59-33-20-18-32(3)19-21-33)65-43(70)16-9-25-68-27-22-41-39(29-68)60-48(66(41)4)52(75)62-36-13-6-11-34(45(36)55)35-12-7-14-37(46(35)56)63-53(76)49-61-40-30-69(26-10-17-44(71)72)28-23-42(40)67(49)5/h6-7,11-14,18-21,31,38,47H,8-10,15-17,22-30H2,1-5H3,(H,59,73)(H,62,75)(H,63,76)(H,64,74)(H,65,70)(H,71,72)(H3,57,58,77)/t38-,47-/m0/s1. The molecule has 77 heavy (non-hydrogen) atoms. The third kappa shape index (κ3) is 14.8. The molecule has 7 amide bonds. The van der Waals surface area contributed by atoms with E-state index in [-0.39, 0.29) is 59.3 Å². The molecular formula is C54H67Cl2N13O8. The van der Waals surface area contributed by atoms with Crippen molar-refractivity contribution in [3.63, 3.8) is 0 Å². The normalized spacial score (nSPS) is 14.2. The summed E-state index contributed by atoms with van der Waals surface area (Å²) in [6.45, 7) is 9.31. The molecule has 5 aromatic rings. The van der Waals surface area contributed by atoms with Crippen molar-refractivity contribution >= 4 is 81.8 Å². The van der Waals surface area contributed by atoms with Crippen molar-refractivity contribution in [2.45, 2.75) is 97.3 Å². The van der Waals surface area contributed by atoms with E-state index in [2.05, 4.69) is 46.7 Å². The Bertz CT molecular complexity index is 3010. The minimum absolute atomic E-state index is 0.0896. The highest BCUT2D eigenvalue weighted by atomic mass is 35.5. The van der Waals surface area contributed by atoms with E-state index in [4.69, 9.17) is 39.0 Å². The van der Waals surface area contributed by atoms with Crippen LogP contribution in [0.15, 0.2) is 60.7 Å². The Morgan fingerprint density at radius 2 is 1.21 bits per heavy atom. The summed E-state index contributed by atoms with van der Waals surface area (Å²) in [6, 6.07) is 15.0. The van der Waals surface area contributed by atoms with Crippen LogP contribution >= 0.6 is 23.2 Å². The molecule has 2 aliphatic heterocycles. The summed E-state index contributed by atoms with van der Waals surface area (Å²) < 4.78 is 3.56. The van der Waals surface area contributed by atoms with Crippen LogP contribution in [0, 0.1) is 12.8 Å². The molecule has 2 atom stereocenters. The zero-order valence-electron chi connectivity index (χ0n) is 43.9. The predicted octanol–water partition coefficient (Wildman–Crippen LogP) is 6.01. The van der Waals surface area contributed by atoms with Crippen LogP contribution in [-0.2, 0) is 59.2 Å². The van der Waals surface area contributed by atoms with Crippen molar-refractivity contribution < 1.29 is 38.7 Å². The second kappa shape index (κ2) is 26.1. The quantitative estimate of drug-likeness (QED) is 0.0349. The number of nitrogens with zero attached hydrogens (tertiary/aromatic N) is 6. The van der Waals surface area contributed by atoms with E-state index < -0.39 is 47.7 Å². The lowest BCUT2D eigenvalue weighted by Crippen LogP contribution is -2.54. The minimum Gasteiger partial charge on any atom is -0.481 e. The molecule has 0 saturated heterocycles. The maximum Gasteiger partial charge on any atom is 0.312 e. The third-order valence-corrected chi connectivity index (χ3v) is 14.6. The Balaban J connectivity index is 0.922. The van der Waals surface area contributed by atoms with E-state index in [0.29, 0.717) is 93.0 Å². The molecule has 0 aliphatic carbocycles. The van der Waals surface area contributed by atoms with Crippen molar-refractivity contribution in [1.82, 2.24) is 44.9 Å². The molecule has 410 valence electrons. The number of urea groups is 1. The largest absolute Gasteiger partial charge is 0.481 e. The van der Waals surface area contributed by atoms with Gasteiger partial charge in [0.15, 0.2) is 11.6 Å². The molecule has 2 aromatic heterocycles. The fourth-order valence-corrected chi connectivity index (χ4v) is 10.1. The molecule has 7 rings (SSSR count). The number of benzene rings is 3. The van der Waals surface area contributed by atoms with E-state index in [9.17, 15) is 33.6 Å². The van der Waals surface area contributed by atoms with Crippen molar-refractivity contribution in [3.05, 3.63) is 111 Å². The SMILES string of the molecule is Cc1ccc(NC(=O)[C@H](CCCNC(N)=O)NC(=O)[C@@H](NC(=O)CCCN2CCc3c(nc(C(=O)Nc4cccc(-c5cccc(NC(=O)c6nc7c(n6C)CCN(CCCC(=O)O)C7)c5Cl)c4Cl)n3C)C2)C(C)C)cc1. The van der Waals surface area contributed by atoms with Crippen LogP contribution in [0.5, 0.6) is 0 Å². The van der Waals surface area contributed by atoms with Gasteiger partial charge < -0.3 is 51.9 Å². The molecule has 0 radical (unpaired) electrons. The summed E-state index contributed by atoms with van der Waals surface area (Å²) in [5.74, 6) is -2.90.